The Hall–Kier alpha value is -0.570. The van der Waals surface area contributed by atoms with Crippen LogP contribution >= 0.6 is 0 Å². The van der Waals surface area contributed by atoms with Crippen molar-refractivity contribution in [2.24, 2.45) is 11.8 Å². The van der Waals surface area contributed by atoms with Gasteiger partial charge in [-0.05, 0) is 57.4 Å². The first-order valence-corrected chi connectivity index (χ1v) is 8.04. The molecule has 3 atom stereocenters. The Morgan fingerprint density at radius 1 is 1.16 bits per heavy atom. The number of piperidine rings is 1. The van der Waals surface area contributed by atoms with Gasteiger partial charge in [0.25, 0.3) is 0 Å². The standard InChI is InChI=1S/C16H29NO2/c1-4-19-16(18)15-7-5-6-8-17(15)14-10-12(2)9-13(3)11-14/h12-15H,4-11H2,1-3H3. The van der Waals surface area contributed by atoms with E-state index in [-0.39, 0.29) is 12.0 Å². The molecule has 110 valence electrons. The predicted molar refractivity (Wildman–Crippen MR) is 76.9 cm³/mol. The SMILES string of the molecule is CCOC(=O)C1CCCCN1C1CC(C)CC(C)C1. The van der Waals surface area contributed by atoms with E-state index in [0.717, 1.165) is 31.2 Å². The number of nitrogens with zero attached hydrogens (tertiary/aromatic N) is 1. The average molecular weight is 267 g/mol. The number of hydrogen-bond acceptors (Lipinski definition) is 3. The van der Waals surface area contributed by atoms with E-state index >= 15 is 0 Å². The lowest BCUT2D eigenvalue weighted by atomic mass is 9.78. The molecule has 0 radical (unpaired) electrons. The highest BCUT2D eigenvalue weighted by Crippen LogP contribution is 2.34. The van der Waals surface area contributed by atoms with Gasteiger partial charge >= 0.3 is 5.97 Å². The van der Waals surface area contributed by atoms with Crippen molar-refractivity contribution in [1.29, 1.82) is 0 Å². The van der Waals surface area contributed by atoms with Crippen LogP contribution in [-0.2, 0) is 9.53 Å². The normalized spacial score (nSPS) is 37.0. The van der Waals surface area contributed by atoms with E-state index in [0.29, 0.717) is 12.6 Å². The smallest absolute Gasteiger partial charge is 0.323 e. The number of likely N-dealkylation sites (tertiary alicyclic amines) is 1. The fourth-order valence-electron chi connectivity index (χ4n) is 4.06. The van der Waals surface area contributed by atoms with E-state index in [2.05, 4.69) is 18.7 Å². The fourth-order valence-corrected chi connectivity index (χ4v) is 4.06. The molecule has 1 aliphatic carbocycles. The Balaban J connectivity index is 2.03. The predicted octanol–water partition coefficient (Wildman–Crippen LogP) is 3.23. The lowest BCUT2D eigenvalue weighted by Crippen LogP contribution is -2.52. The summed E-state index contributed by atoms with van der Waals surface area (Å²) in [5.41, 5.74) is 0. The number of esters is 1. The van der Waals surface area contributed by atoms with Gasteiger partial charge in [-0.15, -0.1) is 0 Å². The monoisotopic (exact) mass is 267 g/mol. The van der Waals surface area contributed by atoms with Crippen molar-refractivity contribution in [1.82, 2.24) is 4.90 Å². The second-order valence-electron chi connectivity index (χ2n) is 6.57. The second-order valence-corrected chi connectivity index (χ2v) is 6.57. The summed E-state index contributed by atoms with van der Waals surface area (Å²) < 4.78 is 5.28. The molecule has 1 saturated heterocycles. The van der Waals surface area contributed by atoms with E-state index in [4.69, 9.17) is 4.74 Å². The first kappa shape index (κ1) is 14.8. The fraction of sp³-hybridized carbons (Fsp3) is 0.938. The van der Waals surface area contributed by atoms with Crippen LogP contribution in [0.25, 0.3) is 0 Å². The van der Waals surface area contributed by atoms with Gasteiger partial charge in [-0.25, -0.2) is 0 Å². The van der Waals surface area contributed by atoms with Gasteiger partial charge in [-0.1, -0.05) is 20.3 Å². The summed E-state index contributed by atoms with van der Waals surface area (Å²) in [6, 6.07) is 0.615. The van der Waals surface area contributed by atoms with Crippen molar-refractivity contribution in [3.8, 4) is 0 Å². The first-order chi connectivity index (χ1) is 9.11. The van der Waals surface area contributed by atoms with Crippen LogP contribution in [0.15, 0.2) is 0 Å². The maximum Gasteiger partial charge on any atom is 0.323 e. The van der Waals surface area contributed by atoms with Crippen molar-refractivity contribution in [2.75, 3.05) is 13.2 Å². The topological polar surface area (TPSA) is 29.5 Å². The number of ether oxygens (including phenoxy) is 1. The van der Waals surface area contributed by atoms with Crippen LogP contribution in [0.5, 0.6) is 0 Å². The van der Waals surface area contributed by atoms with Crippen molar-refractivity contribution in [3.63, 3.8) is 0 Å². The summed E-state index contributed by atoms with van der Waals surface area (Å²) >= 11 is 0. The summed E-state index contributed by atoms with van der Waals surface area (Å²) in [6.45, 7) is 8.18. The highest BCUT2D eigenvalue weighted by atomic mass is 16.5. The van der Waals surface area contributed by atoms with Crippen molar-refractivity contribution in [3.05, 3.63) is 0 Å². The Labute approximate surface area is 117 Å². The van der Waals surface area contributed by atoms with E-state index in [1.54, 1.807) is 0 Å². The Kier molecular flexibility index (Phi) is 5.26. The summed E-state index contributed by atoms with van der Waals surface area (Å²) in [4.78, 5) is 14.6. The molecule has 0 aromatic rings. The maximum atomic E-state index is 12.2. The zero-order valence-electron chi connectivity index (χ0n) is 12.7. The van der Waals surface area contributed by atoms with Gasteiger partial charge in [0.2, 0.25) is 0 Å². The Morgan fingerprint density at radius 2 is 1.84 bits per heavy atom. The maximum absolute atomic E-state index is 12.2. The Morgan fingerprint density at radius 3 is 2.47 bits per heavy atom. The number of carbonyl (C=O) groups is 1. The van der Waals surface area contributed by atoms with Crippen LogP contribution in [0.3, 0.4) is 0 Å². The third-order valence-corrected chi connectivity index (χ3v) is 4.73. The molecule has 3 unspecified atom stereocenters. The quantitative estimate of drug-likeness (QED) is 0.735. The first-order valence-electron chi connectivity index (χ1n) is 8.04. The van der Waals surface area contributed by atoms with Gasteiger partial charge in [0.05, 0.1) is 6.61 Å². The van der Waals surface area contributed by atoms with Crippen LogP contribution in [0.2, 0.25) is 0 Å². The third kappa shape index (κ3) is 3.71. The summed E-state index contributed by atoms with van der Waals surface area (Å²) in [5.74, 6) is 1.59. The molecule has 19 heavy (non-hydrogen) atoms. The van der Waals surface area contributed by atoms with E-state index in [1.165, 1.54) is 25.7 Å². The van der Waals surface area contributed by atoms with Gasteiger partial charge in [-0.2, -0.15) is 0 Å². The molecule has 0 bridgehead atoms. The zero-order valence-corrected chi connectivity index (χ0v) is 12.7. The second kappa shape index (κ2) is 6.74. The summed E-state index contributed by atoms with van der Waals surface area (Å²) in [6.07, 6.45) is 7.22. The van der Waals surface area contributed by atoms with Crippen molar-refractivity contribution >= 4 is 5.97 Å². The molecule has 2 rings (SSSR count). The van der Waals surface area contributed by atoms with Crippen molar-refractivity contribution < 1.29 is 9.53 Å². The summed E-state index contributed by atoms with van der Waals surface area (Å²) in [5, 5.41) is 0. The van der Waals surface area contributed by atoms with Crippen LogP contribution in [0.1, 0.15) is 59.3 Å². The zero-order chi connectivity index (χ0) is 13.8. The molecule has 3 nitrogen and oxygen atoms in total. The molecule has 2 fully saturated rings. The molecule has 0 spiro atoms. The van der Waals surface area contributed by atoms with Gasteiger partial charge in [-0.3, -0.25) is 9.69 Å². The third-order valence-electron chi connectivity index (χ3n) is 4.73. The van der Waals surface area contributed by atoms with Crippen molar-refractivity contribution in [2.45, 2.75) is 71.4 Å². The molecular weight excluding hydrogens is 238 g/mol. The number of hydrogen-bond donors (Lipinski definition) is 0. The molecule has 1 saturated carbocycles. The largest absolute Gasteiger partial charge is 0.465 e. The summed E-state index contributed by atoms with van der Waals surface area (Å²) in [7, 11) is 0. The molecule has 1 aliphatic heterocycles. The van der Waals surface area contributed by atoms with Gasteiger partial charge in [0, 0.05) is 6.04 Å². The van der Waals surface area contributed by atoms with Crippen LogP contribution in [0, 0.1) is 11.8 Å². The molecule has 2 aliphatic rings. The van der Waals surface area contributed by atoms with Gasteiger partial charge in [0.15, 0.2) is 0 Å². The number of carbonyl (C=O) groups excluding carboxylic acids is 1. The average Bonchev–Trinajstić information content (AvgIpc) is 2.38. The van der Waals surface area contributed by atoms with Crippen LogP contribution < -0.4 is 0 Å². The lowest BCUT2D eigenvalue weighted by molar-refractivity contribution is -0.152. The minimum atomic E-state index is 0.00748. The molecule has 1 heterocycles. The molecule has 0 aromatic heterocycles. The molecular formula is C16H29NO2. The number of rotatable bonds is 3. The van der Waals surface area contributed by atoms with E-state index in [9.17, 15) is 4.79 Å². The van der Waals surface area contributed by atoms with E-state index in [1.807, 2.05) is 6.92 Å². The molecule has 0 amide bonds. The molecule has 0 N–H and O–H groups in total. The van der Waals surface area contributed by atoms with E-state index < -0.39 is 0 Å². The highest BCUT2D eigenvalue weighted by Gasteiger charge is 2.37. The van der Waals surface area contributed by atoms with Crippen LogP contribution in [0.4, 0.5) is 0 Å². The van der Waals surface area contributed by atoms with Crippen LogP contribution in [-0.4, -0.2) is 36.1 Å². The molecule has 3 heteroatoms. The lowest BCUT2D eigenvalue weighted by Gasteiger charge is -2.44. The van der Waals surface area contributed by atoms with Gasteiger partial charge < -0.3 is 4.74 Å². The van der Waals surface area contributed by atoms with Gasteiger partial charge in [0.1, 0.15) is 6.04 Å². The minimum Gasteiger partial charge on any atom is -0.465 e. The molecule has 0 aromatic carbocycles. The minimum absolute atomic E-state index is 0.00748. The Bertz CT molecular complexity index is 295. The highest BCUT2D eigenvalue weighted by molar-refractivity contribution is 5.75.